The number of halogens is 1. The summed E-state index contributed by atoms with van der Waals surface area (Å²) in [5, 5.41) is 9.47. The number of amides is 1. The molecule has 2 aromatic rings. The molecule has 2 N–H and O–H groups in total. The first kappa shape index (κ1) is 17.9. The quantitative estimate of drug-likeness (QED) is 0.882. The van der Waals surface area contributed by atoms with Gasteiger partial charge < -0.3 is 10.6 Å². The van der Waals surface area contributed by atoms with Gasteiger partial charge in [-0.1, -0.05) is 0 Å². The maximum Gasteiger partial charge on any atom is 0.227 e. The summed E-state index contributed by atoms with van der Waals surface area (Å²) >= 11 is 1.64. The molecule has 0 saturated carbocycles. The van der Waals surface area contributed by atoms with Crippen LogP contribution in [0.4, 0.5) is 5.69 Å². The van der Waals surface area contributed by atoms with Crippen LogP contribution in [-0.2, 0) is 4.79 Å². The number of thiazole rings is 1. The molecule has 1 amide bonds. The van der Waals surface area contributed by atoms with Crippen molar-refractivity contribution in [2.75, 3.05) is 11.9 Å². The molecule has 1 fully saturated rings. The molecule has 0 unspecified atom stereocenters. The Morgan fingerprint density at radius 2 is 2.09 bits per heavy atom. The van der Waals surface area contributed by atoms with Crippen molar-refractivity contribution >= 4 is 35.3 Å². The van der Waals surface area contributed by atoms with E-state index in [-0.39, 0.29) is 24.2 Å². The molecule has 0 aliphatic carbocycles. The Morgan fingerprint density at radius 1 is 1.35 bits per heavy atom. The summed E-state index contributed by atoms with van der Waals surface area (Å²) in [5.74, 6) is 0.240. The lowest BCUT2D eigenvalue weighted by atomic mass is 9.92. The van der Waals surface area contributed by atoms with Crippen molar-refractivity contribution in [2.24, 2.45) is 5.92 Å². The number of aryl methyl sites for hydroxylation is 1. The first-order valence-electron chi connectivity index (χ1n) is 7.68. The second kappa shape index (κ2) is 7.90. The van der Waals surface area contributed by atoms with Gasteiger partial charge in [-0.05, 0) is 57.5 Å². The average molecular weight is 352 g/mol. The van der Waals surface area contributed by atoms with Crippen LogP contribution in [-0.4, -0.2) is 23.5 Å². The van der Waals surface area contributed by atoms with Crippen molar-refractivity contribution in [1.82, 2.24) is 10.3 Å². The molecule has 6 heteroatoms. The molecule has 2 atom stereocenters. The minimum Gasteiger partial charge on any atom is -0.326 e. The van der Waals surface area contributed by atoms with Crippen LogP contribution >= 0.6 is 23.7 Å². The number of carbonyl (C=O) groups excluding carboxylic acids is 1. The van der Waals surface area contributed by atoms with E-state index < -0.39 is 0 Å². The topological polar surface area (TPSA) is 54.0 Å². The molecule has 0 bridgehead atoms. The number of rotatable bonds is 3. The van der Waals surface area contributed by atoms with Crippen molar-refractivity contribution in [3.63, 3.8) is 0 Å². The molecule has 1 aromatic heterocycles. The largest absolute Gasteiger partial charge is 0.326 e. The Kier molecular flexibility index (Phi) is 6.16. The number of hydrogen-bond acceptors (Lipinski definition) is 4. The molecule has 1 aliphatic heterocycles. The molecule has 1 saturated heterocycles. The fraction of sp³-hybridized carbons (Fsp3) is 0.412. The van der Waals surface area contributed by atoms with Gasteiger partial charge in [-0.15, -0.1) is 23.7 Å². The summed E-state index contributed by atoms with van der Waals surface area (Å²) in [5.41, 5.74) is 2.98. The highest BCUT2D eigenvalue weighted by Gasteiger charge is 2.24. The lowest BCUT2D eigenvalue weighted by Gasteiger charge is -2.27. The molecule has 23 heavy (non-hydrogen) atoms. The maximum absolute atomic E-state index is 12.3. The third-order valence-electron chi connectivity index (χ3n) is 4.01. The second-order valence-corrected chi connectivity index (χ2v) is 6.80. The molecular weight excluding hydrogens is 330 g/mol. The van der Waals surface area contributed by atoms with E-state index in [4.69, 9.17) is 0 Å². The zero-order valence-electron chi connectivity index (χ0n) is 13.3. The van der Waals surface area contributed by atoms with Crippen LogP contribution in [0.3, 0.4) is 0 Å². The number of aromatic nitrogens is 1. The average Bonchev–Trinajstić information content (AvgIpc) is 2.94. The number of anilines is 1. The zero-order chi connectivity index (χ0) is 15.5. The number of carbonyl (C=O) groups is 1. The minimum atomic E-state index is 0. The van der Waals surface area contributed by atoms with Crippen molar-refractivity contribution in [3.8, 4) is 10.6 Å². The van der Waals surface area contributed by atoms with Gasteiger partial charge in [0.2, 0.25) is 5.91 Å². The maximum atomic E-state index is 12.3. The summed E-state index contributed by atoms with van der Waals surface area (Å²) in [4.78, 5) is 16.8. The molecule has 3 rings (SSSR count). The zero-order valence-corrected chi connectivity index (χ0v) is 15.0. The van der Waals surface area contributed by atoms with E-state index in [1.54, 1.807) is 11.3 Å². The third-order valence-corrected chi connectivity index (χ3v) is 5.02. The molecular formula is C17H22ClN3OS. The lowest BCUT2D eigenvalue weighted by Crippen LogP contribution is -2.40. The highest BCUT2D eigenvalue weighted by molar-refractivity contribution is 7.13. The predicted molar refractivity (Wildman–Crippen MR) is 98.4 cm³/mol. The van der Waals surface area contributed by atoms with Crippen LogP contribution in [0.5, 0.6) is 0 Å². The number of hydrogen-bond donors (Lipinski definition) is 2. The first-order chi connectivity index (χ1) is 10.6. The van der Waals surface area contributed by atoms with Crippen molar-refractivity contribution in [1.29, 1.82) is 0 Å². The van der Waals surface area contributed by atoms with Crippen LogP contribution in [0.2, 0.25) is 0 Å². The lowest BCUT2D eigenvalue weighted by molar-refractivity contribution is -0.120. The van der Waals surface area contributed by atoms with Gasteiger partial charge in [-0.2, -0.15) is 0 Å². The Balaban J connectivity index is 0.00000192. The van der Waals surface area contributed by atoms with E-state index in [1.807, 2.05) is 36.6 Å². The van der Waals surface area contributed by atoms with Gasteiger partial charge in [-0.3, -0.25) is 4.79 Å². The highest BCUT2D eigenvalue weighted by Crippen LogP contribution is 2.25. The van der Waals surface area contributed by atoms with Gasteiger partial charge >= 0.3 is 0 Å². The van der Waals surface area contributed by atoms with Crippen LogP contribution in [0.15, 0.2) is 29.6 Å². The van der Waals surface area contributed by atoms with Crippen LogP contribution < -0.4 is 10.6 Å². The second-order valence-electron chi connectivity index (χ2n) is 5.94. The van der Waals surface area contributed by atoms with E-state index in [9.17, 15) is 4.79 Å². The fourth-order valence-electron chi connectivity index (χ4n) is 2.80. The van der Waals surface area contributed by atoms with Crippen LogP contribution in [0.1, 0.15) is 25.5 Å². The summed E-state index contributed by atoms with van der Waals surface area (Å²) in [6.45, 7) is 5.04. The SMILES string of the molecule is Cc1csc(-c2ccc(NC(=O)[C@H]3CCN[C@@H](C)C3)cc2)n1.Cl. The van der Waals surface area contributed by atoms with Gasteiger partial charge in [-0.25, -0.2) is 4.98 Å². The van der Waals surface area contributed by atoms with E-state index >= 15 is 0 Å². The van der Waals surface area contributed by atoms with Gasteiger partial charge in [0.15, 0.2) is 0 Å². The Hall–Kier alpha value is -1.43. The smallest absolute Gasteiger partial charge is 0.227 e. The molecule has 2 heterocycles. The number of benzene rings is 1. The van der Waals surface area contributed by atoms with E-state index in [1.165, 1.54) is 0 Å². The third kappa shape index (κ3) is 4.53. The van der Waals surface area contributed by atoms with Gasteiger partial charge in [0.25, 0.3) is 0 Å². The molecule has 4 nitrogen and oxygen atoms in total. The summed E-state index contributed by atoms with van der Waals surface area (Å²) in [6, 6.07) is 8.35. The van der Waals surface area contributed by atoms with Crippen molar-refractivity contribution in [3.05, 3.63) is 35.3 Å². The van der Waals surface area contributed by atoms with Gasteiger partial charge in [0.05, 0.1) is 0 Å². The number of nitrogens with one attached hydrogen (secondary N) is 2. The van der Waals surface area contributed by atoms with Crippen molar-refractivity contribution < 1.29 is 4.79 Å². The van der Waals surface area contributed by atoms with E-state index in [0.29, 0.717) is 6.04 Å². The fourth-order valence-corrected chi connectivity index (χ4v) is 3.60. The van der Waals surface area contributed by atoms with Gasteiger partial charge in [0, 0.05) is 34.3 Å². The van der Waals surface area contributed by atoms with Crippen molar-refractivity contribution in [2.45, 2.75) is 32.7 Å². The molecule has 0 radical (unpaired) electrons. The standard InChI is InChI=1S/C17H21N3OS.ClH/c1-11-9-14(7-8-18-11)16(21)20-15-5-3-13(4-6-15)17-19-12(2)10-22-17;/h3-6,10-11,14,18H,7-9H2,1-2H3,(H,20,21);1H/t11-,14-;/m0./s1. The summed E-state index contributed by atoms with van der Waals surface area (Å²) < 4.78 is 0. The van der Waals surface area contributed by atoms with E-state index in [2.05, 4.69) is 22.5 Å². The highest BCUT2D eigenvalue weighted by atomic mass is 35.5. The van der Waals surface area contributed by atoms with Crippen LogP contribution in [0.25, 0.3) is 10.6 Å². The number of nitrogens with zero attached hydrogens (tertiary/aromatic N) is 1. The Morgan fingerprint density at radius 3 is 2.70 bits per heavy atom. The first-order valence-corrected chi connectivity index (χ1v) is 8.56. The molecule has 124 valence electrons. The number of piperidine rings is 1. The summed E-state index contributed by atoms with van der Waals surface area (Å²) in [7, 11) is 0. The normalized spacial score (nSPS) is 20.6. The summed E-state index contributed by atoms with van der Waals surface area (Å²) in [6.07, 6.45) is 1.81. The Bertz CT molecular complexity index is 656. The molecule has 0 spiro atoms. The van der Waals surface area contributed by atoms with E-state index in [0.717, 1.165) is 41.3 Å². The van der Waals surface area contributed by atoms with Gasteiger partial charge in [0.1, 0.15) is 5.01 Å². The minimum absolute atomic E-state index is 0. The monoisotopic (exact) mass is 351 g/mol. The van der Waals surface area contributed by atoms with Crippen LogP contribution in [0, 0.1) is 12.8 Å². The Labute approximate surface area is 147 Å². The molecule has 1 aliphatic rings. The predicted octanol–water partition coefficient (Wildman–Crippen LogP) is 3.87. The molecule has 1 aromatic carbocycles.